The van der Waals surface area contributed by atoms with Gasteiger partial charge in [0.15, 0.2) is 0 Å². The van der Waals surface area contributed by atoms with E-state index in [9.17, 15) is 0 Å². The third-order valence-corrected chi connectivity index (χ3v) is 3.16. The SMILES string of the molecule is CCc1occc1C(NN)c1cc(C)cc(C)c1. The molecule has 1 aromatic carbocycles. The van der Waals surface area contributed by atoms with Crippen LogP contribution in [-0.4, -0.2) is 0 Å². The van der Waals surface area contributed by atoms with E-state index in [-0.39, 0.29) is 6.04 Å². The van der Waals surface area contributed by atoms with Gasteiger partial charge in [0.1, 0.15) is 5.76 Å². The Bertz CT molecular complexity index is 511. The van der Waals surface area contributed by atoms with Crippen molar-refractivity contribution in [3.8, 4) is 0 Å². The van der Waals surface area contributed by atoms with Gasteiger partial charge in [0.2, 0.25) is 0 Å². The zero-order valence-electron chi connectivity index (χ0n) is 11.2. The van der Waals surface area contributed by atoms with Crippen LogP contribution in [0.15, 0.2) is 34.9 Å². The Morgan fingerprint density at radius 3 is 2.44 bits per heavy atom. The van der Waals surface area contributed by atoms with Gasteiger partial charge < -0.3 is 4.42 Å². The second kappa shape index (κ2) is 5.38. The predicted octanol–water partition coefficient (Wildman–Crippen LogP) is 3.01. The van der Waals surface area contributed by atoms with Crippen LogP contribution in [0.5, 0.6) is 0 Å². The summed E-state index contributed by atoms with van der Waals surface area (Å²) in [7, 11) is 0. The molecule has 96 valence electrons. The molecule has 0 amide bonds. The summed E-state index contributed by atoms with van der Waals surface area (Å²) in [5.41, 5.74) is 7.66. The highest BCUT2D eigenvalue weighted by atomic mass is 16.3. The van der Waals surface area contributed by atoms with Crippen molar-refractivity contribution in [3.05, 3.63) is 58.5 Å². The lowest BCUT2D eigenvalue weighted by Crippen LogP contribution is -2.29. The molecule has 0 aliphatic heterocycles. The highest BCUT2D eigenvalue weighted by molar-refractivity contribution is 5.37. The van der Waals surface area contributed by atoms with E-state index in [1.165, 1.54) is 16.7 Å². The Morgan fingerprint density at radius 1 is 1.22 bits per heavy atom. The molecule has 1 aromatic heterocycles. The van der Waals surface area contributed by atoms with Crippen molar-refractivity contribution in [2.75, 3.05) is 0 Å². The van der Waals surface area contributed by atoms with Crippen molar-refractivity contribution in [3.63, 3.8) is 0 Å². The molecule has 2 rings (SSSR count). The fourth-order valence-electron chi connectivity index (χ4n) is 2.44. The molecule has 18 heavy (non-hydrogen) atoms. The fraction of sp³-hybridized carbons (Fsp3) is 0.333. The van der Waals surface area contributed by atoms with Crippen molar-refractivity contribution in [1.82, 2.24) is 5.43 Å². The Kier molecular flexibility index (Phi) is 3.84. The first-order valence-corrected chi connectivity index (χ1v) is 6.26. The van der Waals surface area contributed by atoms with E-state index >= 15 is 0 Å². The summed E-state index contributed by atoms with van der Waals surface area (Å²) in [6.07, 6.45) is 2.59. The van der Waals surface area contributed by atoms with Gasteiger partial charge in [-0.05, 0) is 25.5 Å². The van der Waals surface area contributed by atoms with Gasteiger partial charge in [-0.1, -0.05) is 36.2 Å². The minimum Gasteiger partial charge on any atom is -0.469 e. The second-order valence-corrected chi connectivity index (χ2v) is 4.67. The van der Waals surface area contributed by atoms with Gasteiger partial charge in [-0.15, -0.1) is 0 Å². The van der Waals surface area contributed by atoms with E-state index < -0.39 is 0 Å². The van der Waals surface area contributed by atoms with Gasteiger partial charge in [-0.25, -0.2) is 5.43 Å². The zero-order chi connectivity index (χ0) is 13.1. The summed E-state index contributed by atoms with van der Waals surface area (Å²) < 4.78 is 5.48. The quantitative estimate of drug-likeness (QED) is 0.642. The first kappa shape index (κ1) is 12.9. The van der Waals surface area contributed by atoms with E-state index in [1.54, 1.807) is 6.26 Å². The molecule has 0 aliphatic carbocycles. The smallest absolute Gasteiger partial charge is 0.108 e. The van der Waals surface area contributed by atoms with E-state index in [1.807, 2.05) is 6.07 Å². The number of hydrogen-bond acceptors (Lipinski definition) is 3. The third kappa shape index (κ3) is 2.47. The van der Waals surface area contributed by atoms with Crippen LogP contribution in [0.4, 0.5) is 0 Å². The summed E-state index contributed by atoms with van der Waals surface area (Å²) in [5, 5.41) is 0. The molecule has 2 aromatic rings. The summed E-state index contributed by atoms with van der Waals surface area (Å²) >= 11 is 0. The Balaban J connectivity index is 2.45. The lowest BCUT2D eigenvalue weighted by molar-refractivity contribution is 0.502. The fourth-order valence-corrected chi connectivity index (χ4v) is 2.44. The molecule has 0 saturated heterocycles. The number of hydrogen-bond donors (Lipinski definition) is 2. The van der Waals surface area contributed by atoms with Crippen molar-refractivity contribution in [1.29, 1.82) is 0 Å². The van der Waals surface area contributed by atoms with E-state index in [0.29, 0.717) is 0 Å². The molecule has 0 spiro atoms. The van der Waals surface area contributed by atoms with Gasteiger partial charge in [-0.3, -0.25) is 5.84 Å². The summed E-state index contributed by atoms with van der Waals surface area (Å²) in [4.78, 5) is 0. The number of nitrogens with two attached hydrogens (primary N) is 1. The second-order valence-electron chi connectivity index (χ2n) is 4.67. The number of furan rings is 1. The topological polar surface area (TPSA) is 51.2 Å². The van der Waals surface area contributed by atoms with Crippen LogP contribution in [0.1, 0.15) is 41.0 Å². The highest BCUT2D eigenvalue weighted by Gasteiger charge is 2.18. The molecule has 0 saturated carbocycles. The van der Waals surface area contributed by atoms with Crippen LogP contribution in [0.3, 0.4) is 0 Å². The monoisotopic (exact) mass is 244 g/mol. The molecule has 1 unspecified atom stereocenters. The third-order valence-electron chi connectivity index (χ3n) is 3.16. The highest BCUT2D eigenvalue weighted by Crippen LogP contribution is 2.27. The average Bonchev–Trinajstić information content (AvgIpc) is 2.77. The molecular weight excluding hydrogens is 224 g/mol. The van der Waals surface area contributed by atoms with Crippen LogP contribution < -0.4 is 11.3 Å². The van der Waals surface area contributed by atoms with Crippen LogP contribution in [-0.2, 0) is 6.42 Å². The van der Waals surface area contributed by atoms with Crippen molar-refractivity contribution in [2.45, 2.75) is 33.2 Å². The van der Waals surface area contributed by atoms with Crippen molar-refractivity contribution >= 4 is 0 Å². The largest absolute Gasteiger partial charge is 0.469 e. The van der Waals surface area contributed by atoms with Gasteiger partial charge in [-0.2, -0.15) is 0 Å². The van der Waals surface area contributed by atoms with Crippen molar-refractivity contribution < 1.29 is 4.42 Å². The predicted molar refractivity (Wildman–Crippen MR) is 73.2 cm³/mol. The molecule has 3 nitrogen and oxygen atoms in total. The molecule has 0 radical (unpaired) electrons. The zero-order valence-corrected chi connectivity index (χ0v) is 11.2. The first-order valence-electron chi connectivity index (χ1n) is 6.26. The molecule has 1 atom stereocenters. The number of rotatable bonds is 4. The molecule has 0 fully saturated rings. The van der Waals surface area contributed by atoms with E-state index in [4.69, 9.17) is 10.3 Å². The van der Waals surface area contributed by atoms with Crippen LogP contribution >= 0.6 is 0 Å². The standard InChI is InChI=1S/C15H20N2O/c1-4-14-13(5-6-18-14)15(17-16)12-8-10(2)7-11(3)9-12/h5-9,15,17H,4,16H2,1-3H3. The number of aryl methyl sites for hydroxylation is 3. The Labute approximate surface area is 108 Å². The molecule has 1 heterocycles. The lowest BCUT2D eigenvalue weighted by atomic mass is 9.96. The van der Waals surface area contributed by atoms with Crippen LogP contribution in [0.25, 0.3) is 0 Å². The van der Waals surface area contributed by atoms with Crippen LogP contribution in [0.2, 0.25) is 0 Å². The normalized spacial score (nSPS) is 12.7. The summed E-state index contributed by atoms with van der Waals surface area (Å²) in [6.45, 7) is 6.28. The maximum Gasteiger partial charge on any atom is 0.108 e. The molecule has 0 bridgehead atoms. The van der Waals surface area contributed by atoms with Gasteiger partial charge in [0.25, 0.3) is 0 Å². The number of nitrogens with one attached hydrogen (secondary N) is 1. The maximum absolute atomic E-state index is 5.73. The molecular formula is C15H20N2O. The van der Waals surface area contributed by atoms with Crippen LogP contribution in [0, 0.1) is 13.8 Å². The summed E-state index contributed by atoms with van der Waals surface area (Å²) in [6, 6.07) is 8.44. The minimum absolute atomic E-state index is 0.0164. The minimum atomic E-state index is -0.0164. The van der Waals surface area contributed by atoms with Gasteiger partial charge in [0, 0.05) is 12.0 Å². The lowest BCUT2D eigenvalue weighted by Gasteiger charge is -2.17. The Morgan fingerprint density at radius 2 is 1.89 bits per heavy atom. The average molecular weight is 244 g/mol. The maximum atomic E-state index is 5.73. The molecule has 3 heteroatoms. The van der Waals surface area contributed by atoms with E-state index in [0.717, 1.165) is 17.7 Å². The molecule has 0 aliphatic rings. The van der Waals surface area contributed by atoms with Gasteiger partial charge in [0.05, 0.1) is 12.3 Å². The number of benzene rings is 1. The van der Waals surface area contributed by atoms with Crippen molar-refractivity contribution in [2.24, 2.45) is 5.84 Å². The van der Waals surface area contributed by atoms with E-state index in [2.05, 4.69) is 44.4 Å². The molecule has 3 N–H and O–H groups in total. The Hall–Kier alpha value is -1.58. The summed E-state index contributed by atoms with van der Waals surface area (Å²) in [5.74, 6) is 6.71. The number of hydrazine groups is 1. The first-order chi connectivity index (χ1) is 8.65. The van der Waals surface area contributed by atoms with Gasteiger partial charge >= 0.3 is 0 Å².